The summed E-state index contributed by atoms with van der Waals surface area (Å²) in [6.45, 7) is 6.66. The summed E-state index contributed by atoms with van der Waals surface area (Å²) in [5.74, 6) is -5.57. The van der Waals surface area contributed by atoms with Crippen LogP contribution in [0.3, 0.4) is 0 Å². The highest BCUT2D eigenvalue weighted by molar-refractivity contribution is 6.51. The molecule has 0 spiro atoms. The van der Waals surface area contributed by atoms with E-state index in [1.165, 1.54) is 6.08 Å². The van der Waals surface area contributed by atoms with E-state index in [9.17, 15) is 19.5 Å². The fraction of sp³-hybridized carbons (Fsp3) is 0.722. The number of fused-ring (bicyclic) bond motifs is 2. The third kappa shape index (κ3) is 3.56. The molecule has 2 aliphatic carbocycles. The lowest BCUT2D eigenvalue weighted by Gasteiger charge is -2.33. The van der Waals surface area contributed by atoms with Crippen LogP contribution in [0.15, 0.2) is 11.1 Å². The van der Waals surface area contributed by atoms with E-state index < -0.39 is 50.8 Å². The number of carbonyl (C=O) groups excluding carboxylic acids is 2. The number of aliphatic carboxylic acids is 1. The fourth-order valence-corrected chi connectivity index (χ4v) is 5.11. The van der Waals surface area contributed by atoms with Crippen molar-refractivity contribution in [2.24, 2.45) is 28.6 Å². The second-order valence-corrected chi connectivity index (χ2v) is 9.62. The molecule has 2 aliphatic rings. The Balaban J connectivity index is 2.06. The number of rotatable bonds is 7. The largest absolute Gasteiger partial charge is 0.481 e. The first-order valence-corrected chi connectivity index (χ1v) is 9.77. The molecule has 4 unspecified atom stereocenters. The maximum absolute atomic E-state index is 12.6. The molecule has 0 saturated heterocycles. The molecule has 1 saturated carbocycles. The van der Waals surface area contributed by atoms with Crippen LogP contribution < -0.4 is 0 Å². The lowest BCUT2D eigenvalue weighted by atomic mass is 9.74. The number of carbonyl (C=O) groups is 3. The van der Waals surface area contributed by atoms with Crippen molar-refractivity contribution in [3.63, 3.8) is 0 Å². The van der Waals surface area contributed by atoms with Crippen LogP contribution in [-0.4, -0.2) is 40.6 Å². The van der Waals surface area contributed by atoms with Gasteiger partial charge < -0.3 is 14.6 Å². The van der Waals surface area contributed by atoms with Crippen molar-refractivity contribution >= 4 is 52.7 Å². The fourth-order valence-electron chi connectivity index (χ4n) is 3.62. The van der Waals surface area contributed by atoms with Crippen molar-refractivity contribution in [3.05, 3.63) is 11.1 Å². The molecule has 6 nitrogen and oxygen atoms in total. The second kappa shape index (κ2) is 7.45. The van der Waals surface area contributed by atoms with Gasteiger partial charge in [-0.2, -0.15) is 0 Å². The Morgan fingerprint density at radius 3 is 2.30 bits per heavy atom. The van der Waals surface area contributed by atoms with E-state index in [0.29, 0.717) is 6.42 Å². The van der Waals surface area contributed by atoms with Crippen LogP contribution in [-0.2, 0) is 23.9 Å². The average Bonchev–Trinajstić information content (AvgIpc) is 2.85. The Morgan fingerprint density at radius 1 is 1.22 bits per heavy atom. The Hall–Kier alpha value is -0.980. The molecule has 27 heavy (non-hydrogen) atoms. The van der Waals surface area contributed by atoms with Crippen LogP contribution in [0.5, 0.6) is 0 Å². The van der Waals surface area contributed by atoms with Crippen molar-refractivity contribution in [2.45, 2.75) is 38.4 Å². The lowest BCUT2D eigenvalue weighted by molar-refractivity contribution is -0.165. The molecule has 1 N–H and O–H groups in total. The Bertz CT molecular complexity index is 687. The zero-order chi connectivity index (χ0) is 20.8. The molecule has 2 rings (SSSR count). The Labute approximate surface area is 173 Å². The summed E-state index contributed by atoms with van der Waals surface area (Å²) in [6, 6.07) is 0. The molecule has 0 aromatic rings. The number of alkyl halides is 2. The monoisotopic (exact) mass is 440 g/mol. The van der Waals surface area contributed by atoms with Gasteiger partial charge in [-0.1, -0.05) is 54.7 Å². The predicted octanol–water partition coefficient (Wildman–Crippen LogP) is 3.77. The van der Waals surface area contributed by atoms with Gasteiger partial charge in [0.05, 0.1) is 17.3 Å². The number of allylic oxidation sites excluding steroid dienone is 2. The Morgan fingerprint density at radius 2 is 1.78 bits per heavy atom. The van der Waals surface area contributed by atoms with E-state index in [4.69, 9.17) is 44.3 Å². The van der Waals surface area contributed by atoms with Gasteiger partial charge in [0.1, 0.15) is 17.5 Å². The van der Waals surface area contributed by atoms with Crippen molar-refractivity contribution in [1.82, 2.24) is 0 Å². The minimum absolute atomic E-state index is 0.123. The molecule has 0 heterocycles. The molecule has 1 fully saturated rings. The van der Waals surface area contributed by atoms with Gasteiger partial charge in [0, 0.05) is 16.4 Å². The summed E-state index contributed by atoms with van der Waals surface area (Å²) in [5, 5.41) is 9.83. The number of ether oxygens (including phenoxy) is 2. The summed E-state index contributed by atoms with van der Waals surface area (Å²) in [4.78, 5) is 36.3. The highest BCUT2D eigenvalue weighted by atomic mass is 35.5. The molecule has 0 radical (unpaired) electrons. The molecule has 0 aliphatic heterocycles. The molecule has 0 amide bonds. The SMILES string of the molecule is CCC(C)(C)C(=O)OCCOC(=O)C1C(C(=O)O)C2C(Cl)=CC1(C)C2(Cl)Cl. The van der Waals surface area contributed by atoms with E-state index in [-0.39, 0.29) is 18.2 Å². The van der Waals surface area contributed by atoms with Crippen molar-refractivity contribution in [2.75, 3.05) is 13.2 Å². The van der Waals surface area contributed by atoms with Crippen molar-refractivity contribution in [3.8, 4) is 0 Å². The topological polar surface area (TPSA) is 89.9 Å². The molecule has 4 atom stereocenters. The number of carboxylic acids is 1. The van der Waals surface area contributed by atoms with Gasteiger partial charge in [0.25, 0.3) is 0 Å². The van der Waals surface area contributed by atoms with Crippen LogP contribution in [0.4, 0.5) is 0 Å². The van der Waals surface area contributed by atoms with Gasteiger partial charge in [-0.3, -0.25) is 14.4 Å². The highest BCUT2D eigenvalue weighted by Gasteiger charge is 2.74. The van der Waals surface area contributed by atoms with Crippen LogP contribution in [0, 0.1) is 28.6 Å². The van der Waals surface area contributed by atoms with Gasteiger partial charge in [-0.15, -0.1) is 0 Å². The maximum atomic E-state index is 12.6. The summed E-state index contributed by atoms with van der Waals surface area (Å²) >= 11 is 18.9. The number of hydrogen-bond donors (Lipinski definition) is 1. The van der Waals surface area contributed by atoms with E-state index in [1.54, 1.807) is 20.8 Å². The smallest absolute Gasteiger partial charge is 0.311 e. The van der Waals surface area contributed by atoms with Gasteiger partial charge in [0.2, 0.25) is 0 Å². The maximum Gasteiger partial charge on any atom is 0.311 e. The van der Waals surface area contributed by atoms with E-state index in [0.717, 1.165) is 0 Å². The number of hydrogen-bond acceptors (Lipinski definition) is 5. The summed E-state index contributed by atoms with van der Waals surface area (Å²) in [7, 11) is 0. The van der Waals surface area contributed by atoms with Gasteiger partial charge in [0.15, 0.2) is 0 Å². The van der Waals surface area contributed by atoms with Crippen LogP contribution >= 0.6 is 34.8 Å². The van der Waals surface area contributed by atoms with Crippen LogP contribution in [0.2, 0.25) is 0 Å². The van der Waals surface area contributed by atoms with Crippen LogP contribution in [0.1, 0.15) is 34.1 Å². The molecular weight excluding hydrogens is 419 g/mol. The minimum atomic E-state index is -1.53. The summed E-state index contributed by atoms with van der Waals surface area (Å²) in [5.41, 5.74) is -1.81. The zero-order valence-electron chi connectivity index (χ0n) is 15.6. The first kappa shape index (κ1) is 22.3. The van der Waals surface area contributed by atoms with E-state index in [1.807, 2.05) is 6.92 Å². The lowest BCUT2D eigenvalue weighted by Crippen LogP contribution is -2.41. The van der Waals surface area contributed by atoms with Gasteiger partial charge >= 0.3 is 17.9 Å². The molecular formula is C18H23Cl3O6. The Kier molecular flexibility index (Phi) is 6.16. The second-order valence-electron chi connectivity index (χ2n) is 7.80. The van der Waals surface area contributed by atoms with E-state index >= 15 is 0 Å². The molecule has 0 aromatic heterocycles. The number of carboxylic acid groups (broad SMARTS) is 1. The summed E-state index contributed by atoms with van der Waals surface area (Å²) in [6.07, 6.45) is 2.14. The van der Waals surface area contributed by atoms with Gasteiger partial charge in [-0.05, 0) is 20.3 Å². The normalized spacial score (nSPS) is 31.4. The van der Waals surface area contributed by atoms with Crippen molar-refractivity contribution < 1.29 is 29.0 Å². The molecule has 9 heteroatoms. The predicted molar refractivity (Wildman–Crippen MR) is 101 cm³/mol. The summed E-state index contributed by atoms with van der Waals surface area (Å²) < 4.78 is 8.76. The third-order valence-corrected chi connectivity index (χ3v) is 7.37. The van der Waals surface area contributed by atoms with Gasteiger partial charge in [-0.25, -0.2) is 0 Å². The van der Waals surface area contributed by atoms with E-state index in [2.05, 4.69) is 0 Å². The molecule has 0 aromatic carbocycles. The molecule has 152 valence electrons. The quantitative estimate of drug-likeness (QED) is 0.367. The highest BCUT2D eigenvalue weighted by Crippen LogP contribution is 2.70. The average molecular weight is 442 g/mol. The standard InChI is InChI=1S/C18H23Cl3O6/c1-5-16(2,3)15(25)27-7-6-26-14(24)12-10(13(22)23)11-9(19)8-17(12,4)18(11,20)21/h8,10-12H,5-7H2,1-4H3,(H,22,23). The first-order valence-electron chi connectivity index (χ1n) is 8.64. The number of halogens is 3. The van der Waals surface area contributed by atoms with Crippen molar-refractivity contribution in [1.29, 1.82) is 0 Å². The third-order valence-electron chi connectivity index (χ3n) is 5.74. The minimum Gasteiger partial charge on any atom is -0.481 e. The molecule has 2 bridgehead atoms. The first-order chi connectivity index (χ1) is 12.3. The zero-order valence-corrected chi connectivity index (χ0v) is 17.8. The van der Waals surface area contributed by atoms with Crippen LogP contribution in [0.25, 0.3) is 0 Å². The number of esters is 2.